The fourth-order valence-corrected chi connectivity index (χ4v) is 3.74. The van der Waals surface area contributed by atoms with E-state index in [9.17, 15) is 4.79 Å². The van der Waals surface area contributed by atoms with Crippen molar-refractivity contribution < 1.29 is 9.53 Å². The zero-order chi connectivity index (χ0) is 15.4. The molecule has 3 rings (SSSR count). The van der Waals surface area contributed by atoms with Crippen LogP contribution in [0.5, 0.6) is 0 Å². The first-order valence-electron chi connectivity index (χ1n) is 8.30. The molecule has 6 nitrogen and oxygen atoms in total. The van der Waals surface area contributed by atoms with E-state index >= 15 is 0 Å². The van der Waals surface area contributed by atoms with Crippen LogP contribution in [0.25, 0.3) is 0 Å². The van der Waals surface area contributed by atoms with E-state index in [4.69, 9.17) is 4.74 Å². The van der Waals surface area contributed by atoms with Gasteiger partial charge in [-0.05, 0) is 25.3 Å². The fraction of sp³-hybridized carbons (Fsp3) is 0.750. The van der Waals surface area contributed by atoms with Gasteiger partial charge in [0.1, 0.15) is 6.61 Å². The Balaban J connectivity index is 1.58. The summed E-state index contributed by atoms with van der Waals surface area (Å²) in [5, 5.41) is 7.40. The number of aromatic nitrogens is 2. The second kappa shape index (κ2) is 7.24. The molecule has 1 aromatic heterocycles. The number of hydrogen-bond acceptors (Lipinski definition) is 4. The van der Waals surface area contributed by atoms with Crippen molar-refractivity contribution >= 4 is 5.91 Å². The molecule has 1 amide bonds. The van der Waals surface area contributed by atoms with Gasteiger partial charge in [-0.15, -0.1) is 0 Å². The molecule has 1 aliphatic carbocycles. The highest BCUT2D eigenvalue weighted by Gasteiger charge is 2.31. The molecule has 1 saturated carbocycles. The molecule has 1 aliphatic heterocycles. The van der Waals surface area contributed by atoms with Crippen molar-refractivity contribution in [3.8, 4) is 0 Å². The Labute approximate surface area is 131 Å². The molecule has 0 bridgehead atoms. The van der Waals surface area contributed by atoms with Crippen LogP contribution in [0.1, 0.15) is 43.8 Å². The molecule has 2 heterocycles. The number of nitrogens with zero attached hydrogens (tertiary/aromatic N) is 3. The maximum atomic E-state index is 11.5. The zero-order valence-electron chi connectivity index (χ0n) is 13.3. The fourth-order valence-electron chi connectivity index (χ4n) is 3.74. The van der Waals surface area contributed by atoms with E-state index in [1.54, 1.807) is 0 Å². The molecule has 1 atom stereocenters. The normalized spacial score (nSPS) is 22.7. The first kappa shape index (κ1) is 15.5. The van der Waals surface area contributed by atoms with Crippen molar-refractivity contribution in [2.24, 2.45) is 0 Å². The lowest BCUT2D eigenvalue weighted by Gasteiger charge is -2.37. The van der Waals surface area contributed by atoms with Crippen LogP contribution in [0, 0.1) is 0 Å². The van der Waals surface area contributed by atoms with Crippen molar-refractivity contribution in [2.75, 3.05) is 26.8 Å². The number of amides is 1. The van der Waals surface area contributed by atoms with E-state index in [1.807, 2.05) is 6.20 Å². The van der Waals surface area contributed by atoms with E-state index in [1.165, 1.54) is 38.5 Å². The number of methoxy groups -OCH3 is 1. The Morgan fingerprint density at radius 2 is 2.27 bits per heavy atom. The number of hydrogen-bond donors (Lipinski definition) is 1. The summed E-state index contributed by atoms with van der Waals surface area (Å²) in [5.41, 5.74) is 1.30. The summed E-state index contributed by atoms with van der Waals surface area (Å²) in [4.78, 5) is 14.1. The molecule has 0 aromatic carbocycles. The van der Waals surface area contributed by atoms with Crippen LogP contribution in [0.15, 0.2) is 12.3 Å². The molecule has 1 N–H and O–H groups in total. The van der Waals surface area contributed by atoms with Crippen molar-refractivity contribution in [3.05, 3.63) is 18.0 Å². The van der Waals surface area contributed by atoms with E-state index in [2.05, 4.69) is 26.1 Å². The Morgan fingerprint density at radius 3 is 3.05 bits per heavy atom. The summed E-state index contributed by atoms with van der Waals surface area (Å²) in [7, 11) is 1.54. The van der Waals surface area contributed by atoms with Crippen LogP contribution >= 0.6 is 0 Å². The first-order valence-corrected chi connectivity index (χ1v) is 8.30. The minimum Gasteiger partial charge on any atom is -0.375 e. The highest BCUT2D eigenvalue weighted by Crippen LogP contribution is 2.30. The van der Waals surface area contributed by atoms with Gasteiger partial charge in [0, 0.05) is 39.0 Å². The number of rotatable bonds is 6. The van der Waals surface area contributed by atoms with Crippen LogP contribution < -0.4 is 5.32 Å². The molecule has 0 unspecified atom stereocenters. The number of fused-ring (bicyclic) bond motifs is 1. The smallest absolute Gasteiger partial charge is 0.245 e. The molecule has 0 radical (unpaired) electrons. The van der Waals surface area contributed by atoms with Gasteiger partial charge in [-0.3, -0.25) is 14.4 Å². The first-order chi connectivity index (χ1) is 10.8. The molecular weight excluding hydrogens is 280 g/mol. The Kier molecular flexibility index (Phi) is 5.10. The van der Waals surface area contributed by atoms with Crippen LogP contribution in [-0.4, -0.2) is 53.4 Å². The molecule has 2 aliphatic rings. The Bertz CT molecular complexity index is 496. The van der Waals surface area contributed by atoms with E-state index in [-0.39, 0.29) is 12.5 Å². The summed E-state index contributed by atoms with van der Waals surface area (Å²) < 4.78 is 6.98. The summed E-state index contributed by atoms with van der Waals surface area (Å²) in [5.74, 6) is -0.0494. The van der Waals surface area contributed by atoms with Crippen LogP contribution in [-0.2, 0) is 16.1 Å². The quantitative estimate of drug-likeness (QED) is 0.861. The molecule has 6 heteroatoms. The summed E-state index contributed by atoms with van der Waals surface area (Å²) in [6, 6.07) is 3.20. The average Bonchev–Trinajstić information content (AvgIpc) is 3.18. The zero-order valence-corrected chi connectivity index (χ0v) is 13.3. The van der Waals surface area contributed by atoms with Gasteiger partial charge in [0.15, 0.2) is 0 Å². The van der Waals surface area contributed by atoms with Crippen molar-refractivity contribution in [3.63, 3.8) is 0 Å². The van der Waals surface area contributed by atoms with Gasteiger partial charge in [-0.25, -0.2) is 0 Å². The number of carbonyl (C=O) groups excluding carboxylic acids is 1. The monoisotopic (exact) mass is 306 g/mol. The van der Waals surface area contributed by atoms with Gasteiger partial charge in [0.25, 0.3) is 0 Å². The standard InChI is InChI=1S/C16H26N4O2/c1-22-12-16(21)17-8-6-14-10-19(13-4-2-3-5-13)11-15-7-9-18-20(14)15/h7,9,13-14H,2-6,8,10-12H2,1H3,(H,17,21)/t14-/m0/s1. The SMILES string of the molecule is COCC(=O)NCC[C@H]1CN(C2CCCC2)Cc2ccnn21. The number of ether oxygens (including phenoxy) is 1. The largest absolute Gasteiger partial charge is 0.375 e. The molecule has 0 saturated heterocycles. The topological polar surface area (TPSA) is 59.4 Å². The lowest BCUT2D eigenvalue weighted by Crippen LogP contribution is -2.43. The molecule has 0 spiro atoms. The van der Waals surface area contributed by atoms with Gasteiger partial charge in [0.2, 0.25) is 5.91 Å². The van der Waals surface area contributed by atoms with Gasteiger partial charge < -0.3 is 10.1 Å². The molecule has 22 heavy (non-hydrogen) atoms. The highest BCUT2D eigenvalue weighted by molar-refractivity contribution is 5.77. The summed E-state index contributed by atoms with van der Waals surface area (Å²) in [6.45, 7) is 2.85. The van der Waals surface area contributed by atoms with Crippen molar-refractivity contribution in [1.29, 1.82) is 0 Å². The van der Waals surface area contributed by atoms with Crippen LogP contribution in [0.2, 0.25) is 0 Å². The molecular formula is C16H26N4O2. The molecule has 1 fully saturated rings. The van der Waals surface area contributed by atoms with Gasteiger partial charge in [-0.2, -0.15) is 5.10 Å². The lowest BCUT2D eigenvalue weighted by atomic mass is 10.1. The Morgan fingerprint density at radius 1 is 1.45 bits per heavy atom. The predicted molar refractivity (Wildman–Crippen MR) is 83.4 cm³/mol. The van der Waals surface area contributed by atoms with Crippen LogP contribution in [0.4, 0.5) is 0 Å². The highest BCUT2D eigenvalue weighted by atomic mass is 16.5. The van der Waals surface area contributed by atoms with E-state index in [0.717, 1.165) is 25.6 Å². The third kappa shape index (κ3) is 3.50. The maximum absolute atomic E-state index is 11.5. The van der Waals surface area contributed by atoms with Gasteiger partial charge >= 0.3 is 0 Å². The van der Waals surface area contributed by atoms with Crippen molar-refractivity contribution in [2.45, 2.75) is 50.7 Å². The van der Waals surface area contributed by atoms with Crippen LogP contribution in [0.3, 0.4) is 0 Å². The number of nitrogens with one attached hydrogen (secondary N) is 1. The van der Waals surface area contributed by atoms with Crippen molar-refractivity contribution in [1.82, 2.24) is 20.0 Å². The number of carbonyl (C=O) groups is 1. The average molecular weight is 306 g/mol. The minimum atomic E-state index is -0.0494. The summed E-state index contributed by atoms with van der Waals surface area (Å²) in [6.07, 6.45) is 8.17. The third-order valence-corrected chi connectivity index (χ3v) is 4.82. The second-order valence-electron chi connectivity index (χ2n) is 6.36. The lowest BCUT2D eigenvalue weighted by molar-refractivity contribution is -0.124. The van der Waals surface area contributed by atoms with Gasteiger partial charge in [-0.1, -0.05) is 12.8 Å². The van der Waals surface area contributed by atoms with Gasteiger partial charge in [0.05, 0.1) is 11.7 Å². The maximum Gasteiger partial charge on any atom is 0.245 e. The minimum absolute atomic E-state index is 0.0494. The van der Waals surface area contributed by atoms with E-state index in [0.29, 0.717) is 12.6 Å². The predicted octanol–water partition coefficient (Wildman–Crippen LogP) is 1.34. The molecule has 122 valence electrons. The Hall–Kier alpha value is -1.40. The second-order valence-corrected chi connectivity index (χ2v) is 6.36. The molecule has 1 aromatic rings. The third-order valence-electron chi connectivity index (χ3n) is 4.82. The van der Waals surface area contributed by atoms with E-state index < -0.39 is 0 Å². The summed E-state index contributed by atoms with van der Waals surface area (Å²) >= 11 is 0.